The van der Waals surface area contributed by atoms with E-state index in [0.29, 0.717) is 6.08 Å². The van der Waals surface area contributed by atoms with Crippen LogP contribution in [0.25, 0.3) is 0 Å². The highest BCUT2D eigenvalue weighted by molar-refractivity contribution is 6.47. The number of allylic oxidation sites excluding steroid dienone is 4. The maximum absolute atomic E-state index is 12.0. The molecule has 0 unspecified atom stereocenters. The maximum Gasteiger partial charge on any atom is 0.420 e. The Morgan fingerprint density at radius 3 is 2.08 bits per heavy atom. The summed E-state index contributed by atoms with van der Waals surface area (Å²) in [4.78, 5) is 21.4. The van der Waals surface area contributed by atoms with Crippen LogP contribution in [0, 0.1) is 0 Å². The molecule has 0 saturated heterocycles. The van der Waals surface area contributed by atoms with E-state index in [1.54, 1.807) is 0 Å². The summed E-state index contributed by atoms with van der Waals surface area (Å²) in [5, 5.41) is -0.502. The summed E-state index contributed by atoms with van der Waals surface area (Å²) in [7, 11) is 0. The topological polar surface area (TPSA) is 34.1 Å². The van der Waals surface area contributed by atoms with Crippen LogP contribution < -0.4 is 0 Å². The predicted molar refractivity (Wildman–Crippen MR) is 38.1 cm³/mol. The first kappa shape index (κ1) is 9.98. The standard InChI is InChI=1S/C7H2ClF3O2/c8-4-2-5(12)3(1-6(4)13)7(9,10)11/h1-2H. The Labute approximate surface area is 75.7 Å². The van der Waals surface area contributed by atoms with Crippen molar-refractivity contribution < 1.29 is 22.8 Å². The molecule has 0 aromatic carbocycles. The van der Waals surface area contributed by atoms with Crippen molar-refractivity contribution in [3.8, 4) is 0 Å². The molecule has 0 bridgehead atoms. The van der Waals surface area contributed by atoms with Gasteiger partial charge in [0.2, 0.25) is 0 Å². The molecule has 0 aromatic heterocycles. The van der Waals surface area contributed by atoms with Gasteiger partial charge in [-0.1, -0.05) is 11.6 Å². The second-order valence-corrected chi connectivity index (χ2v) is 2.68. The zero-order valence-electron chi connectivity index (χ0n) is 5.98. The Bertz CT molecular complexity index is 338. The van der Waals surface area contributed by atoms with Crippen molar-refractivity contribution in [2.24, 2.45) is 0 Å². The van der Waals surface area contributed by atoms with Crippen LogP contribution in [0.3, 0.4) is 0 Å². The number of rotatable bonds is 0. The molecule has 0 heterocycles. The van der Waals surface area contributed by atoms with Gasteiger partial charge in [-0.05, 0) is 0 Å². The van der Waals surface area contributed by atoms with Crippen molar-refractivity contribution in [3.63, 3.8) is 0 Å². The summed E-state index contributed by atoms with van der Waals surface area (Å²) in [6.07, 6.45) is -4.14. The molecular formula is C7H2ClF3O2. The number of ketones is 2. The van der Waals surface area contributed by atoms with E-state index in [9.17, 15) is 22.8 Å². The highest BCUT2D eigenvalue weighted by atomic mass is 35.5. The molecule has 70 valence electrons. The van der Waals surface area contributed by atoms with Crippen LogP contribution in [0.1, 0.15) is 0 Å². The van der Waals surface area contributed by atoms with Crippen LogP contribution in [-0.2, 0) is 9.59 Å². The summed E-state index contributed by atoms with van der Waals surface area (Å²) >= 11 is 5.16. The summed E-state index contributed by atoms with van der Waals surface area (Å²) in [6.45, 7) is 0. The Hall–Kier alpha value is -1.10. The van der Waals surface area contributed by atoms with Crippen molar-refractivity contribution in [3.05, 3.63) is 22.8 Å². The van der Waals surface area contributed by atoms with Crippen molar-refractivity contribution in [1.82, 2.24) is 0 Å². The SMILES string of the molecule is O=C1C=C(C(F)(F)F)C(=O)C=C1Cl. The molecule has 1 aliphatic rings. The first-order valence-corrected chi connectivity index (χ1v) is 3.45. The molecule has 0 amide bonds. The summed E-state index contributed by atoms with van der Waals surface area (Å²) < 4.78 is 35.9. The van der Waals surface area contributed by atoms with Crippen LogP contribution in [-0.4, -0.2) is 17.7 Å². The minimum atomic E-state index is -4.80. The van der Waals surface area contributed by atoms with E-state index in [1.807, 2.05) is 0 Å². The van der Waals surface area contributed by atoms with E-state index >= 15 is 0 Å². The van der Waals surface area contributed by atoms with E-state index in [2.05, 4.69) is 0 Å². The van der Waals surface area contributed by atoms with Gasteiger partial charge in [-0.3, -0.25) is 9.59 Å². The average molecular weight is 211 g/mol. The van der Waals surface area contributed by atoms with Crippen molar-refractivity contribution in [1.29, 1.82) is 0 Å². The van der Waals surface area contributed by atoms with Crippen molar-refractivity contribution >= 4 is 23.2 Å². The van der Waals surface area contributed by atoms with Gasteiger partial charge in [-0.15, -0.1) is 0 Å². The van der Waals surface area contributed by atoms with Crippen molar-refractivity contribution in [2.45, 2.75) is 6.18 Å². The van der Waals surface area contributed by atoms with Gasteiger partial charge in [0, 0.05) is 12.2 Å². The first-order chi connectivity index (χ1) is 5.82. The van der Waals surface area contributed by atoms with Crippen LogP contribution in [0.15, 0.2) is 22.8 Å². The second kappa shape index (κ2) is 2.99. The number of carbonyl (C=O) groups is 2. The molecule has 0 atom stereocenters. The fourth-order valence-corrected chi connectivity index (χ4v) is 0.910. The Balaban J connectivity index is 3.11. The number of halogens is 4. The molecule has 1 rings (SSSR count). The molecule has 0 fully saturated rings. The van der Waals surface area contributed by atoms with Gasteiger partial charge in [0.1, 0.15) is 5.57 Å². The molecule has 13 heavy (non-hydrogen) atoms. The van der Waals surface area contributed by atoms with Crippen LogP contribution >= 0.6 is 11.6 Å². The fraction of sp³-hybridized carbons (Fsp3) is 0.143. The van der Waals surface area contributed by atoms with Gasteiger partial charge in [0.15, 0.2) is 11.6 Å². The van der Waals surface area contributed by atoms with E-state index in [4.69, 9.17) is 11.6 Å². The third kappa shape index (κ3) is 1.98. The first-order valence-electron chi connectivity index (χ1n) is 3.07. The highest BCUT2D eigenvalue weighted by Gasteiger charge is 2.40. The van der Waals surface area contributed by atoms with E-state index in [-0.39, 0.29) is 6.08 Å². The minimum Gasteiger partial charge on any atom is -0.289 e. The molecule has 0 N–H and O–H groups in total. The summed E-state index contributed by atoms with van der Waals surface area (Å²) in [6, 6.07) is 0. The zero-order valence-corrected chi connectivity index (χ0v) is 6.74. The van der Waals surface area contributed by atoms with Gasteiger partial charge < -0.3 is 0 Å². The highest BCUT2D eigenvalue weighted by Crippen LogP contribution is 2.29. The predicted octanol–water partition coefficient (Wildman–Crippen LogP) is 1.75. The van der Waals surface area contributed by atoms with E-state index in [0.717, 1.165) is 0 Å². The Morgan fingerprint density at radius 1 is 1.08 bits per heavy atom. The van der Waals surface area contributed by atoms with Gasteiger partial charge in [-0.25, -0.2) is 0 Å². The molecule has 0 spiro atoms. The molecule has 0 aliphatic heterocycles. The summed E-state index contributed by atoms with van der Waals surface area (Å²) in [5.74, 6) is -2.30. The van der Waals surface area contributed by atoms with Crippen LogP contribution in [0.2, 0.25) is 0 Å². The largest absolute Gasteiger partial charge is 0.420 e. The van der Waals surface area contributed by atoms with Crippen molar-refractivity contribution in [2.75, 3.05) is 0 Å². The average Bonchev–Trinajstić information content (AvgIpc) is 1.94. The Kier molecular flexibility index (Phi) is 2.30. The van der Waals surface area contributed by atoms with Gasteiger partial charge in [-0.2, -0.15) is 13.2 Å². The second-order valence-electron chi connectivity index (χ2n) is 2.28. The molecular weight excluding hydrogens is 209 g/mol. The lowest BCUT2D eigenvalue weighted by atomic mass is 10.0. The molecule has 0 saturated carbocycles. The molecule has 1 aliphatic carbocycles. The number of alkyl halides is 3. The molecule has 0 aromatic rings. The van der Waals surface area contributed by atoms with Crippen LogP contribution in [0.4, 0.5) is 13.2 Å². The van der Waals surface area contributed by atoms with Gasteiger partial charge >= 0.3 is 6.18 Å². The smallest absolute Gasteiger partial charge is 0.289 e. The number of hydrogen-bond acceptors (Lipinski definition) is 2. The fourth-order valence-electron chi connectivity index (χ4n) is 0.757. The zero-order chi connectivity index (χ0) is 10.2. The molecule has 6 heteroatoms. The summed E-state index contributed by atoms with van der Waals surface area (Å²) in [5.41, 5.74) is -1.48. The Morgan fingerprint density at radius 2 is 1.62 bits per heavy atom. The third-order valence-electron chi connectivity index (χ3n) is 1.34. The minimum absolute atomic E-state index is 0.199. The maximum atomic E-state index is 12.0. The lowest BCUT2D eigenvalue weighted by Crippen LogP contribution is -2.23. The lowest BCUT2D eigenvalue weighted by molar-refractivity contribution is -0.127. The van der Waals surface area contributed by atoms with Gasteiger partial charge in [0.25, 0.3) is 0 Å². The van der Waals surface area contributed by atoms with E-state index < -0.39 is 28.3 Å². The van der Waals surface area contributed by atoms with Gasteiger partial charge in [0.05, 0.1) is 5.03 Å². The third-order valence-corrected chi connectivity index (χ3v) is 1.63. The number of carbonyl (C=O) groups excluding carboxylic acids is 2. The monoisotopic (exact) mass is 210 g/mol. The lowest BCUT2D eigenvalue weighted by Gasteiger charge is -2.11. The normalized spacial score (nSPS) is 18.5. The quantitative estimate of drug-likeness (QED) is 0.571. The molecule has 2 nitrogen and oxygen atoms in total. The van der Waals surface area contributed by atoms with Crippen LogP contribution in [0.5, 0.6) is 0 Å². The van der Waals surface area contributed by atoms with E-state index in [1.165, 1.54) is 0 Å². The molecule has 0 radical (unpaired) electrons. The number of hydrogen-bond donors (Lipinski definition) is 0.